The largest absolute Gasteiger partial charge is 0.348 e. The second-order valence-electron chi connectivity index (χ2n) is 4.02. The Morgan fingerprint density at radius 2 is 2.08 bits per heavy atom. The molecule has 1 saturated heterocycles. The van der Waals surface area contributed by atoms with Crippen LogP contribution in [-0.2, 0) is 9.47 Å². The first-order chi connectivity index (χ1) is 6.14. The normalized spacial score (nSPS) is 26.5. The molecular weight excluding hydrogens is 184 g/mol. The maximum absolute atomic E-state index is 5.69. The Morgan fingerprint density at radius 1 is 1.31 bits per heavy atom. The van der Waals surface area contributed by atoms with Crippen LogP contribution in [0.3, 0.4) is 0 Å². The summed E-state index contributed by atoms with van der Waals surface area (Å²) in [6, 6.07) is 0. The number of unbranched alkanes of at least 4 members (excludes halogenated alkanes) is 2. The molecule has 1 atom stereocenters. The molecule has 0 aromatic carbocycles. The summed E-state index contributed by atoms with van der Waals surface area (Å²) in [5.74, 6) is 0.641. The minimum Gasteiger partial charge on any atom is -0.348 e. The fourth-order valence-electron chi connectivity index (χ4n) is 1.57. The second kappa shape index (κ2) is 5.23. The second-order valence-corrected chi connectivity index (χ2v) is 4.47. The van der Waals surface area contributed by atoms with Crippen molar-refractivity contribution in [3.63, 3.8) is 0 Å². The van der Waals surface area contributed by atoms with Crippen LogP contribution in [0.1, 0.15) is 39.5 Å². The molecule has 0 N–H and O–H groups in total. The van der Waals surface area contributed by atoms with Crippen LogP contribution >= 0.6 is 12.6 Å². The predicted octanol–water partition coefficient (Wildman–Crippen LogP) is 2.63. The molecule has 13 heavy (non-hydrogen) atoms. The zero-order valence-corrected chi connectivity index (χ0v) is 9.48. The van der Waals surface area contributed by atoms with E-state index in [1.165, 1.54) is 19.3 Å². The Labute approximate surface area is 86.4 Å². The van der Waals surface area contributed by atoms with Gasteiger partial charge in [-0.05, 0) is 32.4 Å². The van der Waals surface area contributed by atoms with E-state index in [9.17, 15) is 0 Å². The van der Waals surface area contributed by atoms with Crippen molar-refractivity contribution in [3.8, 4) is 0 Å². The molecule has 0 aromatic rings. The molecule has 0 amide bonds. The van der Waals surface area contributed by atoms with Gasteiger partial charge in [0.25, 0.3) is 0 Å². The third-order valence-electron chi connectivity index (χ3n) is 2.25. The molecule has 1 unspecified atom stereocenters. The maximum atomic E-state index is 5.69. The van der Waals surface area contributed by atoms with Gasteiger partial charge in [0.05, 0.1) is 12.7 Å². The molecule has 0 saturated carbocycles. The van der Waals surface area contributed by atoms with Crippen LogP contribution in [0.2, 0.25) is 0 Å². The van der Waals surface area contributed by atoms with Crippen LogP contribution in [-0.4, -0.2) is 24.3 Å². The molecule has 3 heteroatoms. The van der Waals surface area contributed by atoms with Gasteiger partial charge in [-0.1, -0.05) is 12.8 Å². The van der Waals surface area contributed by atoms with Crippen molar-refractivity contribution < 1.29 is 9.47 Å². The fourth-order valence-corrected chi connectivity index (χ4v) is 1.79. The lowest BCUT2D eigenvalue weighted by Crippen LogP contribution is -2.21. The van der Waals surface area contributed by atoms with E-state index in [2.05, 4.69) is 12.6 Å². The highest BCUT2D eigenvalue weighted by Gasteiger charge is 2.31. The first-order valence-electron chi connectivity index (χ1n) is 5.07. The summed E-state index contributed by atoms with van der Waals surface area (Å²) in [5, 5.41) is 0. The van der Waals surface area contributed by atoms with Gasteiger partial charge in [-0.3, -0.25) is 0 Å². The number of rotatable bonds is 5. The third-order valence-corrected chi connectivity index (χ3v) is 2.57. The van der Waals surface area contributed by atoms with Gasteiger partial charge in [-0.25, -0.2) is 0 Å². The van der Waals surface area contributed by atoms with E-state index < -0.39 is 0 Å². The van der Waals surface area contributed by atoms with Crippen LogP contribution < -0.4 is 0 Å². The van der Waals surface area contributed by atoms with Gasteiger partial charge in [0.1, 0.15) is 0 Å². The van der Waals surface area contributed by atoms with Crippen molar-refractivity contribution >= 4 is 12.6 Å². The van der Waals surface area contributed by atoms with Crippen LogP contribution in [0.5, 0.6) is 0 Å². The van der Waals surface area contributed by atoms with E-state index in [1.54, 1.807) is 0 Å². The smallest absolute Gasteiger partial charge is 0.163 e. The van der Waals surface area contributed by atoms with E-state index in [0.717, 1.165) is 18.8 Å². The van der Waals surface area contributed by atoms with E-state index in [0.29, 0.717) is 6.10 Å². The van der Waals surface area contributed by atoms with Gasteiger partial charge in [-0.2, -0.15) is 12.6 Å². The summed E-state index contributed by atoms with van der Waals surface area (Å²) in [4.78, 5) is 0. The molecule has 1 heterocycles. The standard InChI is InChI=1S/C10H20O2S/c1-10(2)11-8-9(12-10)6-4-3-5-7-13/h9,13H,3-8H2,1-2H3. The van der Waals surface area contributed by atoms with Crippen LogP contribution in [0, 0.1) is 0 Å². The van der Waals surface area contributed by atoms with Crippen LogP contribution in [0.15, 0.2) is 0 Å². The first-order valence-corrected chi connectivity index (χ1v) is 5.70. The highest BCUT2D eigenvalue weighted by molar-refractivity contribution is 7.80. The minimum atomic E-state index is -0.353. The minimum absolute atomic E-state index is 0.315. The van der Waals surface area contributed by atoms with E-state index in [1.807, 2.05) is 13.8 Å². The van der Waals surface area contributed by atoms with Crippen molar-refractivity contribution in [3.05, 3.63) is 0 Å². The van der Waals surface area contributed by atoms with Gasteiger partial charge >= 0.3 is 0 Å². The van der Waals surface area contributed by atoms with Crippen molar-refractivity contribution in [1.82, 2.24) is 0 Å². The number of hydrogen-bond donors (Lipinski definition) is 1. The summed E-state index contributed by atoms with van der Waals surface area (Å²) < 4.78 is 11.2. The number of thiol groups is 1. The molecule has 0 aromatic heterocycles. The molecule has 1 rings (SSSR count). The summed E-state index contributed by atoms with van der Waals surface area (Å²) in [7, 11) is 0. The topological polar surface area (TPSA) is 18.5 Å². The number of hydrogen-bond acceptors (Lipinski definition) is 3. The average molecular weight is 204 g/mol. The third kappa shape index (κ3) is 4.34. The van der Waals surface area contributed by atoms with Gasteiger partial charge in [-0.15, -0.1) is 0 Å². The van der Waals surface area contributed by atoms with E-state index in [-0.39, 0.29) is 5.79 Å². The zero-order chi connectivity index (χ0) is 9.73. The summed E-state index contributed by atoms with van der Waals surface area (Å²) in [6.07, 6.45) is 5.13. The monoisotopic (exact) mass is 204 g/mol. The number of ether oxygens (including phenoxy) is 2. The quantitative estimate of drug-likeness (QED) is 0.548. The van der Waals surface area contributed by atoms with Gasteiger partial charge in [0.15, 0.2) is 5.79 Å². The Morgan fingerprint density at radius 3 is 2.62 bits per heavy atom. The highest BCUT2D eigenvalue weighted by Crippen LogP contribution is 2.25. The lowest BCUT2D eigenvalue weighted by molar-refractivity contribution is -0.139. The maximum Gasteiger partial charge on any atom is 0.163 e. The molecule has 78 valence electrons. The molecule has 1 aliphatic rings. The van der Waals surface area contributed by atoms with Crippen molar-refractivity contribution in [1.29, 1.82) is 0 Å². The first kappa shape index (κ1) is 11.3. The predicted molar refractivity (Wildman–Crippen MR) is 57.2 cm³/mol. The van der Waals surface area contributed by atoms with E-state index in [4.69, 9.17) is 9.47 Å². The molecule has 0 radical (unpaired) electrons. The highest BCUT2D eigenvalue weighted by atomic mass is 32.1. The fraction of sp³-hybridized carbons (Fsp3) is 1.00. The van der Waals surface area contributed by atoms with Gasteiger partial charge < -0.3 is 9.47 Å². The molecule has 0 bridgehead atoms. The van der Waals surface area contributed by atoms with E-state index >= 15 is 0 Å². The van der Waals surface area contributed by atoms with Crippen LogP contribution in [0.25, 0.3) is 0 Å². The average Bonchev–Trinajstić information content (AvgIpc) is 2.40. The SMILES string of the molecule is CC1(C)OCC(CCCCCS)O1. The molecule has 0 aliphatic carbocycles. The summed E-state index contributed by atoms with van der Waals surface area (Å²) in [6.45, 7) is 4.70. The Bertz CT molecular complexity index is 148. The van der Waals surface area contributed by atoms with Crippen molar-refractivity contribution in [2.45, 2.75) is 51.4 Å². The Kier molecular flexibility index (Phi) is 4.56. The zero-order valence-electron chi connectivity index (χ0n) is 8.58. The van der Waals surface area contributed by atoms with Crippen LogP contribution in [0.4, 0.5) is 0 Å². The molecule has 1 aliphatic heterocycles. The molecule has 0 spiro atoms. The Balaban J connectivity index is 2.04. The van der Waals surface area contributed by atoms with Gasteiger partial charge in [0, 0.05) is 0 Å². The lowest BCUT2D eigenvalue weighted by Gasteiger charge is -2.16. The molecule has 1 fully saturated rings. The van der Waals surface area contributed by atoms with Crippen molar-refractivity contribution in [2.24, 2.45) is 0 Å². The molecular formula is C10H20O2S. The van der Waals surface area contributed by atoms with Crippen molar-refractivity contribution in [2.75, 3.05) is 12.4 Å². The summed E-state index contributed by atoms with van der Waals surface area (Å²) >= 11 is 4.17. The van der Waals surface area contributed by atoms with Gasteiger partial charge in [0.2, 0.25) is 0 Å². The summed E-state index contributed by atoms with van der Waals surface area (Å²) in [5.41, 5.74) is 0. The molecule has 2 nitrogen and oxygen atoms in total. The lowest BCUT2D eigenvalue weighted by atomic mass is 10.1. The Hall–Kier alpha value is 0.270.